The molecule has 0 aromatic heterocycles. The Morgan fingerprint density at radius 1 is 1.33 bits per heavy atom. The van der Waals surface area contributed by atoms with E-state index >= 15 is 0 Å². The van der Waals surface area contributed by atoms with Gasteiger partial charge in [-0.1, -0.05) is 12.1 Å². The molecule has 0 radical (unpaired) electrons. The zero-order valence-corrected chi connectivity index (χ0v) is 12.3. The first kappa shape index (κ1) is 16.1. The summed E-state index contributed by atoms with van der Waals surface area (Å²) < 4.78 is 44.3. The summed E-state index contributed by atoms with van der Waals surface area (Å²) in [6, 6.07) is 6.78. The van der Waals surface area contributed by atoms with Gasteiger partial charge in [-0.15, -0.1) is 0 Å². The first-order valence-corrected chi connectivity index (χ1v) is 7.27. The first-order valence-electron chi connectivity index (χ1n) is 7.27. The SMILES string of the molecule is CC(C)Oc1cccc(C2(O)CCCC(C(F)(F)F)C2)c1. The third-order valence-electron chi connectivity index (χ3n) is 3.93. The number of hydrogen-bond donors (Lipinski definition) is 1. The van der Waals surface area contributed by atoms with Gasteiger partial charge in [0.1, 0.15) is 5.75 Å². The molecule has 5 heteroatoms. The molecule has 1 N–H and O–H groups in total. The molecule has 1 aromatic rings. The van der Waals surface area contributed by atoms with Crippen LogP contribution in [0.1, 0.15) is 45.1 Å². The average Bonchev–Trinajstić information content (AvgIpc) is 2.37. The number of ether oxygens (including phenoxy) is 1. The second kappa shape index (κ2) is 5.87. The normalized spacial score (nSPS) is 26.9. The Hall–Kier alpha value is -1.23. The van der Waals surface area contributed by atoms with Crippen LogP contribution in [0.25, 0.3) is 0 Å². The monoisotopic (exact) mass is 302 g/mol. The Morgan fingerprint density at radius 3 is 2.67 bits per heavy atom. The summed E-state index contributed by atoms with van der Waals surface area (Å²) in [5.74, 6) is -0.865. The van der Waals surface area contributed by atoms with Crippen LogP contribution in [-0.2, 0) is 5.60 Å². The Bertz CT molecular complexity index is 485. The molecule has 0 aliphatic heterocycles. The van der Waals surface area contributed by atoms with Crippen molar-refractivity contribution in [3.8, 4) is 5.75 Å². The number of rotatable bonds is 3. The van der Waals surface area contributed by atoms with Crippen LogP contribution in [0.5, 0.6) is 5.75 Å². The Labute approximate surface area is 122 Å². The minimum Gasteiger partial charge on any atom is -0.491 e. The summed E-state index contributed by atoms with van der Waals surface area (Å²) in [4.78, 5) is 0. The molecule has 1 fully saturated rings. The molecule has 1 saturated carbocycles. The van der Waals surface area contributed by atoms with Gasteiger partial charge in [-0.05, 0) is 57.2 Å². The van der Waals surface area contributed by atoms with Crippen LogP contribution in [0.3, 0.4) is 0 Å². The van der Waals surface area contributed by atoms with Crippen molar-refractivity contribution in [2.45, 2.75) is 57.4 Å². The lowest BCUT2D eigenvalue weighted by atomic mass is 9.74. The van der Waals surface area contributed by atoms with Crippen LogP contribution in [-0.4, -0.2) is 17.4 Å². The van der Waals surface area contributed by atoms with Gasteiger partial charge < -0.3 is 9.84 Å². The van der Waals surface area contributed by atoms with E-state index in [-0.39, 0.29) is 18.9 Å². The summed E-state index contributed by atoms with van der Waals surface area (Å²) in [6.07, 6.45) is -3.74. The van der Waals surface area contributed by atoms with E-state index in [4.69, 9.17) is 4.74 Å². The molecular formula is C16H21F3O2. The lowest BCUT2D eigenvalue weighted by Gasteiger charge is -2.38. The second-order valence-corrected chi connectivity index (χ2v) is 6.06. The molecule has 1 aliphatic rings. The van der Waals surface area contributed by atoms with Crippen LogP contribution in [0.4, 0.5) is 13.2 Å². The van der Waals surface area contributed by atoms with Crippen LogP contribution >= 0.6 is 0 Å². The van der Waals surface area contributed by atoms with Crippen molar-refractivity contribution >= 4 is 0 Å². The number of aliphatic hydroxyl groups is 1. The summed E-state index contributed by atoms with van der Waals surface area (Å²) in [5.41, 5.74) is -0.913. The van der Waals surface area contributed by atoms with Gasteiger partial charge in [0, 0.05) is 0 Å². The van der Waals surface area contributed by atoms with Gasteiger partial charge in [0.05, 0.1) is 17.6 Å². The quantitative estimate of drug-likeness (QED) is 0.896. The lowest BCUT2D eigenvalue weighted by Crippen LogP contribution is -2.38. The lowest BCUT2D eigenvalue weighted by molar-refractivity contribution is -0.201. The number of benzene rings is 1. The Morgan fingerprint density at radius 2 is 2.05 bits per heavy atom. The number of halogens is 3. The van der Waals surface area contributed by atoms with Gasteiger partial charge in [0.2, 0.25) is 0 Å². The van der Waals surface area contributed by atoms with Crippen LogP contribution in [0, 0.1) is 5.92 Å². The molecule has 21 heavy (non-hydrogen) atoms. The molecule has 0 amide bonds. The number of hydrogen-bond acceptors (Lipinski definition) is 2. The van der Waals surface area contributed by atoms with E-state index in [1.54, 1.807) is 24.3 Å². The maximum absolute atomic E-state index is 12.9. The highest BCUT2D eigenvalue weighted by atomic mass is 19.4. The fourth-order valence-corrected chi connectivity index (χ4v) is 2.93. The summed E-state index contributed by atoms with van der Waals surface area (Å²) in [5, 5.41) is 10.7. The molecule has 0 saturated heterocycles. The third kappa shape index (κ3) is 3.90. The van der Waals surface area contributed by atoms with Gasteiger partial charge in [0.15, 0.2) is 0 Å². The van der Waals surface area contributed by atoms with Crippen molar-refractivity contribution in [2.75, 3.05) is 0 Å². The molecule has 118 valence electrons. The average molecular weight is 302 g/mol. The van der Waals surface area contributed by atoms with Gasteiger partial charge in [-0.3, -0.25) is 0 Å². The standard InChI is InChI=1S/C16H21F3O2/c1-11(2)21-14-7-3-5-12(9-14)15(20)8-4-6-13(10-15)16(17,18)19/h3,5,7,9,11,13,20H,4,6,8,10H2,1-2H3. The highest BCUT2D eigenvalue weighted by Crippen LogP contribution is 2.46. The van der Waals surface area contributed by atoms with Crippen LogP contribution in [0.15, 0.2) is 24.3 Å². The third-order valence-corrected chi connectivity index (χ3v) is 3.93. The van der Waals surface area contributed by atoms with Crippen LogP contribution < -0.4 is 4.74 Å². The van der Waals surface area contributed by atoms with E-state index in [2.05, 4.69) is 0 Å². The predicted molar refractivity (Wildman–Crippen MR) is 74.1 cm³/mol. The molecule has 2 nitrogen and oxygen atoms in total. The predicted octanol–water partition coefficient (Wildman–Crippen LogP) is 4.41. The Kier molecular flexibility index (Phi) is 4.51. The maximum Gasteiger partial charge on any atom is 0.391 e. The van der Waals surface area contributed by atoms with Gasteiger partial charge in [-0.2, -0.15) is 13.2 Å². The minimum atomic E-state index is -4.25. The van der Waals surface area contributed by atoms with Crippen molar-refractivity contribution in [1.82, 2.24) is 0 Å². The van der Waals surface area contributed by atoms with E-state index in [1.165, 1.54) is 0 Å². The molecule has 0 heterocycles. The number of alkyl halides is 3. The molecule has 2 atom stereocenters. The largest absolute Gasteiger partial charge is 0.491 e. The Balaban J connectivity index is 2.23. The van der Waals surface area contributed by atoms with Gasteiger partial charge in [-0.25, -0.2) is 0 Å². The highest BCUT2D eigenvalue weighted by Gasteiger charge is 2.47. The van der Waals surface area contributed by atoms with Crippen molar-refractivity contribution in [3.63, 3.8) is 0 Å². The van der Waals surface area contributed by atoms with Crippen molar-refractivity contribution < 1.29 is 23.0 Å². The topological polar surface area (TPSA) is 29.5 Å². The zero-order chi connectivity index (χ0) is 15.7. The minimum absolute atomic E-state index is 0.0239. The molecular weight excluding hydrogens is 281 g/mol. The fourth-order valence-electron chi connectivity index (χ4n) is 2.93. The molecule has 1 aromatic carbocycles. The maximum atomic E-state index is 12.9. The smallest absolute Gasteiger partial charge is 0.391 e. The van der Waals surface area contributed by atoms with E-state index in [0.717, 1.165) is 0 Å². The van der Waals surface area contributed by atoms with Gasteiger partial charge in [0.25, 0.3) is 0 Å². The molecule has 2 unspecified atom stereocenters. The van der Waals surface area contributed by atoms with E-state index < -0.39 is 17.7 Å². The summed E-state index contributed by atoms with van der Waals surface area (Å²) >= 11 is 0. The van der Waals surface area contributed by atoms with Gasteiger partial charge >= 0.3 is 6.18 Å². The molecule has 0 bridgehead atoms. The van der Waals surface area contributed by atoms with E-state index in [1.807, 2.05) is 13.8 Å². The fraction of sp³-hybridized carbons (Fsp3) is 0.625. The van der Waals surface area contributed by atoms with Crippen molar-refractivity contribution in [1.29, 1.82) is 0 Å². The molecule has 0 spiro atoms. The van der Waals surface area contributed by atoms with E-state index in [9.17, 15) is 18.3 Å². The summed E-state index contributed by atoms with van der Waals surface area (Å²) in [6.45, 7) is 3.75. The second-order valence-electron chi connectivity index (χ2n) is 6.06. The van der Waals surface area contributed by atoms with E-state index in [0.29, 0.717) is 24.2 Å². The first-order chi connectivity index (χ1) is 9.71. The van der Waals surface area contributed by atoms with Crippen molar-refractivity contribution in [3.05, 3.63) is 29.8 Å². The summed E-state index contributed by atoms with van der Waals surface area (Å²) in [7, 11) is 0. The molecule has 1 aliphatic carbocycles. The van der Waals surface area contributed by atoms with Crippen molar-refractivity contribution in [2.24, 2.45) is 5.92 Å². The highest BCUT2D eigenvalue weighted by molar-refractivity contribution is 5.33. The molecule has 2 rings (SSSR count). The van der Waals surface area contributed by atoms with Crippen LogP contribution in [0.2, 0.25) is 0 Å². The zero-order valence-electron chi connectivity index (χ0n) is 12.3.